The third kappa shape index (κ3) is 2.47. The molecule has 0 aliphatic carbocycles. The van der Waals surface area contributed by atoms with Crippen LogP contribution in [-0.4, -0.2) is 36.5 Å². The van der Waals surface area contributed by atoms with Gasteiger partial charge in [0, 0.05) is 24.2 Å². The minimum absolute atomic E-state index is 0.0805. The Balaban J connectivity index is 1.78. The summed E-state index contributed by atoms with van der Waals surface area (Å²) in [5, 5.41) is 3.84. The van der Waals surface area contributed by atoms with Crippen molar-refractivity contribution in [1.82, 2.24) is 10.2 Å². The molecule has 2 atom stereocenters. The Morgan fingerprint density at radius 2 is 2.26 bits per heavy atom. The number of carbonyl (C=O) groups excluding carboxylic acids is 1. The normalized spacial score (nSPS) is 26.3. The number of carbonyl (C=O) groups is 1. The van der Waals surface area contributed by atoms with Gasteiger partial charge in [-0.25, -0.2) is 4.39 Å². The lowest BCUT2D eigenvalue weighted by Gasteiger charge is -2.35. The maximum atomic E-state index is 13.7. The Labute approximate surface area is 116 Å². The molecule has 0 saturated carbocycles. The van der Waals surface area contributed by atoms with Crippen LogP contribution >= 0.6 is 11.6 Å². The monoisotopic (exact) mass is 282 g/mol. The second-order valence-electron chi connectivity index (χ2n) is 5.27. The minimum Gasteiger partial charge on any atom is -0.338 e. The summed E-state index contributed by atoms with van der Waals surface area (Å²) in [7, 11) is 0. The molecule has 2 heterocycles. The molecule has 0 bridgehead atoms. The topological polar surface area (TPSA) is 32.3 Å². The summed E-state index contributed by atoms with van der Waals surface area (Å²) in [6, 6.07) is 4.64. The van der Waals surface area contributed by atoms with Gasteiger partial charge in [0.1, 0.15) is 5.82 Å². The first kappa shape index (κ1) is 12.9. The van der Waals surface area contributed by atoms with Gasteiger partial charge in [-0.05, 0) is 43.5 Å². The molecular formula is C14H16ClFN2O. The van der Waals surface area contributed by atoms with Crippen molar-refractivity contribution in [1.29, 1.82) is 0 Å². The lowest BCUT2D eigenvalue weighted by atomic mass is 9.93. The summed E-state index contributed by atoms with van der Waals surface area (Å²) >= 11 is 5.84. The highest BCUT2D eigenvalue weighted by Gasteiger charge is 2.35. The van der Waals surface area contributed by atoms with Crippen molar-refractivity contribution < 1.29 is 9.18 Å². The van der Waals surface area contributed by atoms with E-state index in [1.807, 2.05) is 0 Å². The summed E-state index contributed by atoms with van der Waals surface area (Å²) in [6.45, 7) is 2.41. The molecule has 19 heavy (non-hydrogen) atoms. The van der Waals surface area contributed by atoms with Crippen molar-refractivity contribution in [3.05, 3.63) is 34.6 Å². The van der Waals surface area contributed by atoms with Gasteiger partial charge in [-0.1, -0.05) is 11.6 Å². The molecule has 2 aliphatic rings. The Kier molecular flexibility index (Phi) is 3.46. The number of benzene rings is 1. The first-order valence-corrected chi connectivity index (χ1v) is 7.00. The number of hydrogen-bond donors (Lipinski definition) is 1. The molecule has 102 valence electrons. The van der Waals surface area contributed by atoms with Crippen molar-refractivity contribution in [3.8, 4) is 0 Å². The van der Waals surface area contributed by atoms with Gasteiger partial charge in [0.25, 0.3) is 5.91 Å². The Hall–Kier alpha value is -1.13. The number of hydrogen-bond acceptors (Lipinski definition) is 2. The van der Waals surface area contributed by atoms with E-state index in [0.29, 0.717) is 30.1 Å². The molecule has 2 aliphatic heterocycles. The first-order valence-electron chi connectivity index (χ1n) is 6.63. The largest absolute Gasteiger partial charge is 0.338 e. The number of piperidine rings is 1. The third-order valence-corrected chi connectivity index (χ3v) is 4.34. The third-order valence-electron chi connectivity index (χ3n) is 4.10. The molecule has 1 N–H and O–H groups in total. The average Bonchev–Trinajstić information content (AvgIpc) is 2.88. The number of likely N-dealkylation sites (tertiary alicyclic amines) is 1. The van der Waals surface area contributed by atoms with Gasteiger partial charge in [-0.15, -0.1) is 0 Å². The van der Waals surface area contributed by atoms with Crippen LogP contribution in [0.15, 0.2) is 18.2 Å². The number of amides is 1. The summed E-state index contributed by atoms with van der Waals surface area (Å²) in [5.74, 6) is -0.244. The van der Waals surface area contributed by atoms with Crippen LogP contribution in [0.1, 0.15) is 23.2 Å². The zero-order chi connectivity index (χ0) is 13.4. The van der Waals surface area contributed by atoms with Crippen LogP contribution in [0.3, 0.4) is 0 Å². The van der Waals surface area contributed by atoms with E-state index in [-0.39, 0.29) is 11.5 Å². The van der Waals surface area contributed by atoms with E-state index >= 15 is 0 Å². The fraction of sp³-hybridized carbons (Fsp3) is 0.500. The van der Waals surface area contributed by atoms with Gasteiger partial charge in [-0.2, -0.15) is 0 Å². The summed E-state index contributed by atoms with van der Waals surface area (Å²) in [6.07, 6.45) is 2.03. The molecule has 1 amide bonds. The summed E-state index contributed by atoms with van der Waals surface area (Å²) in [5.41, 5.74) is 0.0805. The lowest BCUT2D eigenvalue weighted by Crippen LogP contribution is -2.47. The fourth-order valence-corrected chi connectivity index (χ4v) is 3.24. The van der Waals surface area contributed by atoms with Gasteiger partial charge in [0.15, 0.2) is 0 Å². The molecule has 1 aromatic carbocycles. The predicted molar refractivity (Wildman–Crippen MR) is 71.8 cm³/mol. The Morgan fingerprint density at radius 3 is 3.11 bits per heavy atom. The van der Waals surface area contributed by atoms with E-state index in [4.69, 9.17) is 11.6 Å². The number of fused-ring (bicyclic) bond motifs is 1. The highest BCUT2D eigenvalue weighted by molar-refractivity contribution is 6.31. The predicted octanol–water partition coefficient (Wildman–Crippen LogP) is 2.30. The SMILES string of the molecule is O=C(c1cc(Cl)ccc1F)N1CCC2NCCC2C1. The van der Waals surface area contributed by atoms with E-state index in [2.05, 4.69) is 5.32 Å². The second-order valence-corrected chi connectivity index (χ2v) is 5.71. The fourth-order valence-electron chi connectivity index (χ4n) is 3.06. The number of nitrogens with zero attached hydrogens (tertiary/aromatic N) is 1. The van der Waals surface area contributed by atoms with Crippen LogP contribution in [0, 0.1) is 11.7 Å². The number of halogens is 2. The zero-order valence-corrected chi connectivity index (χ0v) is 11.3. The maximum absolute atomic E-state index is 13.7. The molecule has 2 saturated heterocycles. The molecule has 5 heteroatoms. The van der Waals surface area contributed by atoms with E-state index in [1.54, 1.807) is 4.90 Å². The molecule has 0 radical (unpaired) electrons. The molecule has 2 unspecified atom stereocenters. The Bertz CT molecular complexity index is 508. The quantitative estimate of drug-likeness (QED) is 0.857. The van der Waals surface area contributed by atoms with Crippen LogP contribution in [0.4, 0.5) is 4.39 Å². The second kappa shape index (κ2) is 5.10. The first-order chi connectivity index (χ1) is 9.15. The van der Waals surface area contributed by atoms with Crippen LogP contribution in [-0.2, 0) is 0 Å². The van der Waals surface area contributed by atoms with Gasteiger partial charge in [-0.3, -0.25) is 4.79 Å². The van der Waals surface area contributed by atoms with Crippen LogP contribution < -0.4 is 5.32 Å². The summed E-state index contributed by atoms with van der Waals surface area (Å²) < 4.78 is 13.7. The molecule has 0 aromatic heterocycles. The van der Waals surface area contributed by atoms with Gasteiger partial charge in [0.2, 0.25) is 0 Å². The van der Waals surface area contributed by atoms with E-state index < -0.39 is 5.82 Å². The average molecular weight is 283 g/mol. The smallest absolute Gasteiger partial charge is 0.256 e. The van der Waals surface area contributed by atoms with Crippen LogP contribution in [0.2, 0.25) is 5.02 Å². The standard InChI is InChI=1S/C14H16ClFN2O/c15-10-1-2-12(16)11(7-10)14(19)18-6-4-13-9(8-18)3-5-17-13/h1-2,7,9,13,17H,3-6,8H2. The van der Waals surface area contributed by atoms with Crippen LogP contribution in [0.5, 0.6) is 0 Å². The molecule has 3 rings (SSSR count). The summed E-state index contributed by atoms with van der Waals surface area (Å²) in [4.78, 5) is 14.1. The molecule has 1 aromatic rings. The van der Waals surface area contributed by atoms with E-state index in [0.717, 1.165) is 19.4 Å². The Morgan fingerprint density at radius 1 is 1.42 bits per heavy atom. The van der Waals surface area contributed by atoms with Gasteiger partial charge >= 0.3 is 0 Å². The van der Waals surface area contributed by atoms with Crippen molar-refractivity contribution >= 4 is 17.5 Å². The van der Waals surface area contributed by atoms with Crippen molar-refractivity contribution in [2.24, 2.45) is 5.92 Å². The number of nitrogens with one attached hydrogen (secondary N) is 1. The van der Waals surface area contributed by atoms with E-state index in [1.165, 1.54) is 18.2 Å². The van der Waals surface area contributed by atoms with Crippen LogP contribution in [0.25, 0.3) is 0 Å². The molecule has 2 fully saturated rings. The molecule has 3 nitrogen and oxygen atoms in total. The van der Waals surface area contributed by atoms with Crippen molar-refractivity contribution in [3.63, 3.8) is 0 Å². The maximum Gasteiger partial charge on any atom is 0.256 e. The lowest BCUT2D eigenvalue weighted by molar-refractivity contribution is 0.0657. The van der Waals surface area contributed by atoms with E-state index in [9.17, 15) is 9.18 Å². The van der Waals surface area contributed by atoms with Gasteiger partial charge < -0.3 is 10.2 Å². The minimum atomic E-state index is -0.499. The highest BCUT2D eigenvalue weighted by atomic mass is 35.5. The van der Waals surface area contributed by atoms with Crippen molar-refractivity contribution in [2.75, 3.05) is 19.6 Å². The highest BCUT2D eigenvalue weighted by Crippen LogP contribution is 2.26. The number of rotatable bonds is 1. The van der Waals surface area contributed by atoms with Crippen molar-refractivity contribution in [2.45, 2.75) is 18.9 Å². The molecule has 0 spiro atoms. The zero-order valence-electron chi connectivity index (χ0n) is 10.5. The van der Waals surface area contributed by atoms with Gasteiger partial charge in [0.05, 0.1) is 5.56 Å². The molecular weight excluding hydrogens is 267 g/mol.